The lowest BCUT2D eigenvalue weighted by Gasteiger charge is -2.30. The van der Waals surface area contributed by atoms with Crippen molar-refractivity contribution >= 4 is 22.4 Å². The Labute approximate surface area is 168 Å². The molecular weight excluding hydrogens is 364 g/mol. The van der Waals surface area contributed by atoms with Gasteiger partial charge >= 0.3 is 0 Å². The normalized spacial score (nSPS) is 15.1. The number of nitrogens with one attached hydrogen (secondary N) is 1. The van der Waals surface area contributed by atoms with E-state index in [0.717, 1.165) is 65.2 Å². The smallest absolute Gasteiger partial charge is 0.147 e. The van der Waals surface area contributed by atoms with Gasteiger partial charge < -0.3 is 16.4 Å². The number of fused-ring (bicyclic) bond motifs is 1. The molecule has 1 aliphatic rings. The number of pyridine rings is 1. The van der Waals surface area contributed by atoms with Gasteiger partial charge in [0.2, 0.25) is 0 Å². The Morgan fingerprint density at radius 2 is 1.79 bits per heavy atom. The fourth-order valence-electron chi connectivity index (χ4n) is 3.76. The largest absolute Gasteiger partial charge is 0.397 e. The van der Waals surface area contributed by atoms with Crippen LogP contribution in [0.5, 0.6) is 0 Å². The van der Waals surface area contributed by atoms with E-state index < -0.39 is 0 Å². The summed E-state index contributed by atoms with van der Waals surface area (Å²) in [5.41, 5.74) is 17.0. The number of benzene rings is 1. The van der Waals surface area contributed by atoms with Crippen LogP contribution in [0, 0.1) is 0 Å². The molecule has 146 valence electrons. The van der Waals surface area contributed by atoms with Crippen LogP contribution in [0.15, 0.2) is 49.1 Å². The highest BCUT2D eigenvalue weighted by Crippen LogP contribution is 2.30. The van der Waals surface area contributed by atoms with Gasteiger partial charge in [0, 0.05) is 42.5 Å². The molecule has 29 heavy (non-hydrogen) atoms. The maximum Gasteiger partial charge on any atom is 0.147 e. The zero-order chi connectivity index (χ0) is 19.8. The zero-order valence-electron chi connectivity index (χ0n) is 15.9. The van der Waals surface area contributed by atoms with Crippen LogP contribution in [0.25, 0.3) is 33.4 Å². The molecule has 0 saturated carbocycles. The molecule has 5 rings (SSSR count). The highest BCUT2D eigenvalue weighted by molar-refractivity contribution is 5.95. The molecule has 5 N–H and O–H groups in total. The molecule has 0 amide bonds. The SMILES string of the molecule is Nc1cncc(-c2ccc3[nH]nc(-c4cncc(N5CCC(N)CC5)n4)c3c2)c1. The quantitative estimate of drug-likeness (QED) is 0.494. The van der Waals surface area contributed by atoms with Crippen LogP contribution in [-0.2, 0) is 0 Å². The molecular formula is C21H22N8. The Morgan fingerprint density at radius 3 is 2.62 bits per heavy atom. The van der Waals surface area contributed by atoms with Crippen molar-refractivity contribution < 1.29 is 0 Å². The fraction of sp³-hybridized carbons (Fsp3) is 0.238. The second-order valence-corrected chi connectivity index (χ2v) is 7.43. The van der Waals surface area contributed by atoms with Crippen LogP contribution in [0.1, 0.15) is 12.8 Å². The van der Waals surface area contributed by atoms with E-state index >= 15 is 0 Å². The average Bonchev–Trinajstić information content (AvgIpc) is 3.18. The molecule has 1 aromatic carbocycles. The van der Waals surface area contributed by atoms with Crippen LogP contribution in [-0.4, -0.2) is 44.3 Å². The lowest BCUT2D eigenvalue weighted by molar-refractivity contribution is 0.498. The number of hydrogen-bond acceptors (Lipinski definition) is 7. The average molecular weight is 386 g/mol. The minimum Gasteiger partial charge on any atom is -0.397 e. The summed E-state index contributed by atoms with van der Waals surface area (Å²) >= 11 is 0. The number of nitrogen functional groups attached to an aromatic ring is 1. The van der Waals surface area contributed by atoms with E-state index in [2.05, 4.69) is 31.1 Å². The van der Waals surface area contributed by atoms with Gasteiger partial charge in [-0.1, -0.05) is 6.07 Å². The molecule has 1 fully saturated rings. The summed E-state index contributed by atoms with van der Waals surface area (Å²) in [4.78, 5) is 15.7. The van der Waals surface area contributed by atoms with Gasteiger partial charge in [-0.3, -0.25) is 15.1 Å². The fourth-order valence-corrected chi connectivity index (χ4v) is 3.76. The molecule has 4 heterocycles. The second-order valence-electron chi connectivity index (χ2n) is 7.43. The van der Waals surface area contributed by atoms with Crippen molar-refractivity contribution in [1.82, 2.24) is 25.1 Å². The maximum atomic E-state index is 6.03. The third-order valence-corrected chi connectivity index (χ3v) is 5.38. The zero-order valence-corrected chi connectivity index (χ0v) is 15.9. The summed E-state index contributed by atoms with van der Waals surface area (Å²) in [6.07, 6.45) is 8.94. The number of hydrogen-bond donors (Lipinski definition) is 3. The molecule has 8 nitrogen and oxygen atoms in total. The summed E-state index contributed by atoms with van der Waals surface area (Å²) in [6.45, 7) is 1.79. The highest BCUT2D eigenvalue weighted by atomic mass is 15.2. The number of aromatic nitrogens is 5. The van der Waals surface area contributed by atoms with Crippen molar-refractivity contribution in [2.45, 2.75) is 18.9 Å². The Hall–Kier alpha value is -3.52. The molecule has 4 aromatic rings. The van der Waals surface area contributed by atoms with Gasteiger partial charge in [-0.15, -0.1) is 0 Å². The second kappa shape index (κ2) is 7.14. The molecule has 3 aromatic heterocycles. The molecule has 8 heteroatoms. The van der Waals surface area contributed by atoms with Gasteiger partial charge in [0.25, 0.3) is 0 Å². The van der Waals surface area contributed by atoms with E-state index in [1.54, 1.807) is 24.8 Å². The van der Waals surface area contributed by atoms with Crippen LogP contribution < -0.4 is 16.4 Å². The van der Waals surface area contributed by atoms with Gasteiger partial charge in [0.05, 0.1) is 23.6 Å². The van der Waals surface area contributed by atoms with Crippen LogP contribution >= 0.6 is 0 Å². The standard InChI is InChI=1S/C21H22N8/c22-15-3-5-29(6-4-15)20-12-25-11-19(26-20)21-17-8-13(1-2-18(17)27-28-21)14-7-16(23)10-24-9-14/h1-2,7-12,15H,3-6,22-23H2,(H,27,28). The Bertz CT molecular complexity index is 1160. The van der Waals surface area contributed by atoms with Crippen LogP contribution in [0.4, 0.5) is 11.5 Å². The molecule has 0 unspecified atom stereocenters. The minimum absolute atomic E-state index is 0.276. The Balaban J connectivity index is 1.53. The first-order chi connectivity index (χ1) is 14.2. The van der Waals surface area contributed by atoms with E-state index in [1.165, 1.54) is 0 Å². The van der Waals surface area contributed by atoms with Crippen molar-refractivity contribution in [2.75, 3.05) is 23.7 Å². The van der Waals surface area contributed by atoms with Crippen LogP contribution in [0.3, 0.4) is 0 Å². The Kier molecular flexibility index (Phi) is 4.33. The number of anilines is 2. The summed E-state index contributed by atoms with van der Waals surface area (Å²) in [7, 11) is 0. The lowest BCUT2D eigenvalue weighted by atomic mass is 10.0. The number of nitrogens with zero attached hydrogens (tertiary/aromatic N) is 5. The van der Waals surface area contributed by atoms with E-state index in [9.17, 15) is 0 Å². The third kappa shape index (κ3) is 3.38. The van der Waals surface area contributed by atoms with Gasteiger partial charge in [-0.2, -0.15) is 5.10 Å². The minimum atomic E-state index is 0.276. The van der Waals surface area contributed by atoms with E-state index in [4.69, 9.17) is 16.5 Å². The lowest BCUT2D eigenvalue weighted by Crippen LogP contribution is -2.40. The number of nitrogens with two attached hydrogens (primary N) is 2. The number of rotatable bonds is 3. The van der Waals surface area contributed by atoms with E-state index in [1.807, 2.05) is 18.2 Å². The monoisotopic (exact) mass is 386 g/mol. The summed E-state index contributed by atoms with van der Waals surface area (Å²) in [5.74, 6) is 0.863. The van der Waals surface area contributed by atoms with Gasteiger partial charge in [0.1, 0.15) is 17.2 Å². The molecule has 1 saturated heterocycles. The summed E-state index contributed by atoms with van der Waals surface area (Å²) < 4.78 is 0. The molecule has 0 bridgehead atoms. The number of H-pyrrole nitrogens is 1. The maximum absolute atomic E-state index is 6.03. The molecule has 0 radical (unpaired) electrons. The van der Waals surface area contributed by atoms with Crippen molar-refractivity contribution in [3.8, 4) is 22.5 Å². The molecule has 0 atom stereocenters. The van der Waals surface area contributed by atoms with Crippen molar-refractivity contribution in [2.24, 2.45) is 5.73 Å². The van der Waals surface area contributed by atoms with Crippen molar-refractivity contribution in [3.05, 3.63) is 49.1 Å². The van der Waals surface area contributed by atoms with Crippen molar-refractivity contribution in [1.29, 1.82) is 0 Å². The molecule has 0 aliphatic carbocycles. The van der Waals surface area contributed by atoms with E-state index in [0.29, 0.717) is 5.69 Å². The number of aromatic amines is 1. The summed E-state index contributed by atoms with van der Waals surface area (Å²) in [6, 6.07) is 8.31. The van der Waals surface area contributed by atoms with Crippen molar-refractivity contribution in [3.63, 3.8) is 0 Å². The van der Waals surface area contributed by atoms with Gasteiger partial charge in [-0.25, -0.2) is 4.98 Å². The Morgan fingerprint density at radius 1 is 0.966 bits per heavy atom. The third-order valence-electron chi connectivity index (χ3n) is 5.38. The first-order valence-electron chi connectivity index (χ1n) is 9.69. The predicted molar refractivity (Wildman–Crippen MR) is 114 cm³/mol. The van der Waals surface area contributed by atoms with Gasteiger partial charge in [0.15, 0.2) is 0 Å². The predicted octanol–water partition coefficient (Wildman–Crippen LogP) is 2.59. The molecule has 0 spiro atoms. The first kappa shape index (κ1) is 17.6. The first-order valence-corrected chi connectivity index (χ1v) is 9.69. The number of piperidine rings is 1. The molecule has 1 aliphatic heterocycles. The van der Waals surface area contributed by atoms with Gasteiger partial charge in [-0.05, 0) is 36.6 Å². The van der Waals surface area contributed by atoms with E-state index in [-0.39, 0.29) is 6.04 Å². The topological polar surface area (TPSA) is 123 Å². The van der Waals surface area contributed by atoms with Crippen LogP contribution in [0.2, 0.25) is 0 Å². The summed E-state index contributed by atoms with van der Waals surface area (Å²) in [5, 5.41) is 8.59. The highest BCUT2D eigenvalue weighted by Gasteiger charge is 2.19.